The summed E-state index contributed by atoms with van der Waals surface area (Å²) in [5, 5.41) is 18.8. The zero-order chi connectivity index (χ0) is 20.3. The summed E-state index contributed by atoms with van der Waals surface area (Å²) in [4.78, 5) is 12.8. The van der Waals surface area contributed by atoms with Crippen molar-refractivity contribution in [1.82, 2.24) is 0 Å². The van der Waals surface area contributed by atoms with Crippen LogP contribution in [0.25, 0.3) is 0 Å². The monoisotopic (exact) mass is 397 g/mol. The minimum Gasteiger partial charge on any atom is -0.595 e. The molecule has 0 saturated carbocycles. The summed E-state index contributed by atoms with van der Waals surface area (Å²) in [5.41, 5.74) is 0.0876. The average Bonchev–Trinajstić information content (AvgIpc) is 3.08. The molecular weight excluding hydrogens is 374 g/mol. The minimum atomic E-state index is -1.09. The number of nitrogens with one attached hydrogen (secondary N) is 1. The van der Waals surface area contributed by atoms with E-state index in [1.54, 1.807) is 27.7 Å². The Hall–Kier alpha value is -1.63. The van der Waals surface area contributed by atoms with Gasteiger partial charge in [-0.2, -0.15) is 5.23 Å². The molecule has 6 atom stereocenters. The number of esters is 1. The third kappa shape index (κ3) is 3.65. The van der Waals surface area contributed by atoms with E-state index < -0.39 is 53.5 Å². The summed E-state index contributed by atoms with van der Waals surface area (Å²) in [6, 6.07) is 5.50. The highest BCUT2D eigenvalue weighted by atomic mass is 16.9. The summed E-state index contributed by atoms with van der Waals surface area (Å²) in [6.07, 6.45) is -3.74. The van der Waals surface area contributed by atoms with Gasteiger partial charge in [-0.3, -0.25) is 0 Å². The fraction of sp³-hybridized carbons (Fsp3) is 0.611. The maximum absolute atomic E-state index is 12.8. The maximum Gasteiger partial charge on any atom is 0.343 e. The molecule has 0 aromatic heterocycles. The predicted molar refractivity (Wildman–Crippen MR) is 90.4 cm³/mol. The highest BCUT2D eigenvalue weighted by Crippen LogP contribution is 2.44. The summed E-state index contributed by atoms with van der Waals surface area (Å²) >= 11 is 0. The van der Waals surface area contributed by atoms with E-state index in [4.69, 9.17) is 33.6 Å². The SMILES string of the molecule is CC1(C)OC2OC(C(=O)Oc3ccc([NH+]([O-])O)cc3)C3OC(C)(C)OC3C2O1. The second-order valence-electron chi connectivity index (χ2n) is 7.84. The van der Waals surface area contributed by atoms with Gasteiger partial charge >= 0.3 is 5.97 Å². The van der Waals surface area contributed by atoms with E-state index in [1.807, 2.05) is 0 Å². The largest absolute Gasteiger partial charge is 0.595 e. The van der Waals surface area contributed by atoms with Crippen LogP contribution in [0.5, 0.6) is 5.75 Å². The normalized spacial score (nSPS) is 36.4. The molecule has 2 N–H and O–H groups in total. The maximum atomic E-state index is 12.8. The third-order valence-electron chi connectivity index (χ3n) is 4.71. The van der Waals surface area contributed by atoms with Crippen molar-refractivity contribution < 1.29 is 43.6 Å². The van der Waals surface area contributed by atoms with Crippen molar-refractivity contribution in [2.24, 2.45) is 0 Å². The second-order valence-corrected chi connectivity index (χ2v) is 7.84. The number of quaternary nitrogens is 1. The van der Waals surface area contributed by atoms with Crippen LogP contribution in [0.3, 0.4) is 0 Å². The van der Waals surface area contributed by atoms with Gasteiger partial charge in [0.2, 0.25) is 0 Å². The van der Waals surface area contributed by atoms with Gasteiger partial charge in [0, 0.05) is 12.1 Å². The summed E-state index contributed by atoms with van der Waals surface area (Å²) in [6.45, 7) is 6.99. The van der Waals surface area contributed by atoms with E-state index in [0.29, 0.717) is 0 Å². The fourth-order valence-corrected chi connectivity index (χ4v) is 3.64. The van der Waals surface area contributed by atoms with Crippen molar-refractivity contribution in [3.8, 4) is 5.75 Å². The third-order valence-corrected chi connectivity index (χ3v) is 4.71. The van der Waals surface area contributed by atoms with Crippen LogP contribution in [0.2, 0.25) is 0 Å². The summed E-state index contributed by atoms with van der Waals surface area (Å²) in [5.74, 6) is -2.31. The molecule has 3 saturated heterocycles. The van der Waals surface area contributed by atoms with Crippen molar-refractivity contribution in [1.29, 1.82) is 0 Å². The Balaban J connectivity index is 1.53. The average molecular weight is 397 g/mol. The molecule has 1 aromatic rings. The number of carbonyl (C=O) groups is 1. The van der Waals surface area contributed by atoms with Crippen molar-refractivity contribution in [2.75, 3.05) is 0 Å². The summed E-state index contributed by atoms with van der Waals surface area (Å²) in [7, 11) is 0. The molecule has 10 heteroatoms. The zero-order valence-electron chi connectivity index (χ0n) is 15.9. The molecule has 3 fully saturated rings. The number of benzene rings is 1. The van der Waals surface area contributed by atoms with Gasteiger partial charge in [0.1, 0.15) is 24.1 Å². The molecule has 3 heterocycles. The first kappa shape index (κ1) is 19.7. The van der Waals surface area contributed by atoms with Gasteiger partial charge < -0.3 is 33.6 Å². The molecule has 28 heavy (non-hydrogen) atoms. The Bertz CT molecular complexity index is 748. The lowest BCUT2D eigenvalue weighted by molar-refractivity contribution is -0.991. The van der Waals surface area contributed by atoms with Crippen molar-refractivity contribution in [2.45, 2.75) is 70.0 Å². The molecule has 3 aliphatic heterocycles. The Kier molecular flexibility index (Phi) is 4.72. The zero-order valence-corrected chi connectivity index (χ0v) is 15.9. The van der Waals surface area contributed by atoms with E-state index in [0.717, 1.165) is 0 Å². The first-order valence-corrected chi connectivity index (χ1v) is 8.96. The van der Waals surface area contributed by atoms with Gasteiger partial charge in [-0.1, -0.05) is 0 Å². The number of fused-ring (bicyclic) bond motifs is 3. The summed E-state index contributed by atoms with van der Waals surface area (Å²) < 4.78 is 34.7. The first-order chi connectivity index (χ1) is 13.0. The molecule has 0 bridgehead atoms. The fourth-order valence-electron chi connectivity index (χ4n) is 3.64. The number of carbonyl (C=O) groups excluding carboxylic acids is 1. The van der Waals surface area contributed by atoms with Crippen LogP contribution in [-0.2, 0) is 28.5 Å². The molecule has 0 spiro atoms. The number of hydrogen-bond acceptors (Lipinski definition) is 9. The van der Waals surface area contributed by atoms with E-state index in [2.05, 4.69) is 0 Å². The van der Waals surface area contributed by atoms with E-state index in [9.17, 15) is 10.0 Å². The van der Waals surface area contributed by atoms with E-state index >= 15 is 0 Å². The molecule has 10 nitrogen and oxygen atoms in total. The Labute approximate surface area is 161 Å². The molecule has 0 amide bonds. The van der Waals surface area contributed by atoms with Crippen molar-refractivity contribution >= 4 is 11.7 Å². The highest BCUT2D eigenvalue weighted by Gasteiger charge is 2.62. The molecule has 6 unspecified atom stereocenters. The molecule has 1 aromatic carbocycles. The number of rotatable bonds is 3. The second kappa shape index (κ2) is 6.71. The number of ether oxygens (including phenoxy) is 6. The standard InChI is InChI=1S/C18H23NO9/c1-17(2)25-11-12(26-17)14-16(28-18(3,4)27-14)24-13(11)15(20)23-10-7-5-9(6-8-10)19(21)22/h5-8,11-14,16,19,21H,1-4H3. The van der Waals surface area contributed by atoms with Crippen LogP contribution in [0.4, 0.5) is 5.69 Å². The van der Waals surface area contributed by atoms with Gasteiger partial charge in [-0.05, 0) is 39.8 Å². The first-order valence-electron chi connectivity index (χ1n) is 8.96. The molecule has 154 valence electrons. The van der Waals surface area contributed by atoms with Gasteiger partial charge in [0.25, 0.3) is 0 Å². The smallest absolute Gasteiger partial charge is 0.343 e. The predicted octanol–water partition coefficient (Wildman–Crippen LogP) is 0.392. The lowest BCUT2D eigenvalue weighted by atomic mass is 9.99. The van der Waals surface area contributed by atoms with Gasteiger partial charge in [-0.25, -0.2) is 10.0 Å². The lowest BCUT2D eigenvalue weighted by Crippen LogP contribution is -2.99. The van der Waals surface area contributed by atoms with Crippen LogP contribution >= 0.6 is 0 Å². The highest BCUT2D eigenvalue weighted by molar-refractivity contribution is 5.78. The number of hydrogen-bond donors (Lipinski definition) is 2. The van der Waals surface area contributed by atoms with Crippen LogP contribution in [0.1, 0.15) is 27.7 Å². The van der Waals surface area contributed by atoms with E-state index in [1.165, 1.54) is 24.3 Å². The van der Waals surface area contributed by atoms with E-state index in [-0.39, 0.29) is 11.4 Å². The molecular formula is C18H23NO9. The van der Waals surface area contributed by atoms with Crippen molar-refractivity contribution in [3.05, 3.63) is 29.5 Å². The van der Waals surface area contributed by atoms with Crippen LogP contribution in [0.15, 0.2) is 24.3 Å². The Morgan fingerprint density at radius 1 is 1.00 bits per heavy atom. The van der Waals surface area contributed by atoms with Crippen LogP contribution in [0, 0.1) is 5.21 Å². The quantitative estimate of drug-likeness (QED) is 0.424. The minimum absolute atomic E-state index is 0.0876. The molecule has 0 radical (unpaired) electrons. The van der Waals surface area contributed by atoms with Crippen LogP contribution < -0.4 is 9.96 Å². The van der Waals surface area contributed by atoms with Gasteiger partial charge in [0.15, 0.2) is 29.7 Å². The van der Waals surface area contributed by atoms with Crippen LogP contribution in [-0.4, -0.2) is 53.5 Å². The molecule has 3 aliphatic rings. The Morgan fingerprint density at radius 2 is 1.57 bits per heavy atom. The lowest BCUT2D eigenvalue weighted by Gasteiger charge is -2.35. The van der Waals surface area contributed by atoms with Crippen molar-refractivity contribution in [3.63, 3.8) is 0 Å². The molecule has 0 aliphatic carbocycles. The molecule has 4 rings (SSSR count). The van der Waals surface area contributed by atoms with Gasteiger partial charge in [-0.15, -0.1) is 0 Å². The van der Waals surface area contributed by atoms with Gasteiger partial charge in [0.05, 0.1) is 0 Å². The Morgan fingerprint density at radius 3 is 2.21 bits per heavy atom. The topological polar surface area (TPSA) is 120 Å².